The summed E-state index contributed by atoms with van der Waals surface area (Å²) in [6.07, 6.45) is 11.0. The third kappa shape index (κ3) is 40.9. The van der Waals surface area contributed by atoms with Gasteiger partial charge in [0.2, 0.25) is 10.7 Å². The van der Waals surface area contributed by atoms with Gasteiger partial charge in [0.15, 0.2) is 0 Å². The van der Waals surface area contributed by atoms with Crippen LogP contribution in [0.2, 0.25) is 0 Å². The maximum Gasteiger partial charge on any atom is 0.0160 e. The van der Waals surface area contributed by atoms with Gasteiger partial charge in [-0.15, -0.1) is 71.8 Å². The van der Waals surface area contributed by atoms with Crippen LogP contribution in [0.4, 0.5) is 86.9 Å². The molecule has 0 amide bonds. The molecule has 0 saturated carbocycles. The number of benzene rings is 6. The van der Waals surface area contributed by atoms with Crippen LogP contribution in [0.25, 0.3) is 112 Å². The van der Waals surface area contributed by atoms with Crippen molar-refractivity contribution in [1.82, 2.24) is 39.1 Å². The van der Waals surface area contributed by atoms with E-state index >= 15 is 0 Å². The zero-order chi connectivity index (χ0) is 95.6. The molecule has 14 rings (SSSR count). The van der Waals surface area contributed by atoms with Crippen molar-refractivity contribution in [2.24, 2.45) is 0 Å². The van der Waals surface area contributed by atoms with Gasteiger partial charge in [0.25, 0.3) is 0 Å². The normalized spacial score (nSPS) is 12.3. The Hall–Kier alpha value is -9.83. The fourth-order valence-corrected chi connectivity index (χ4v) is 12.5. The Balaban J connectivity index is 0.000000424. The van der Waals surface area contributed by atoms with Crippen molar-refractivity contribution in [3.8, 4) is 90.2 Å². The SMILES string of the molecule is CCN(CC)c1ccc2c(-c3ccnc(-c4cc(C)ccn4)c3)c3ccc(=[N+](CC)CC)cc-3oc2c1.CCN(CC)c1ccc2c(-c3ccnc(-c4cc(C)ccn4)c3)c3ccc(=[N+](CC)CC)cc-3oc2c1.CO.CO.F[P-](F)(F)(F)(F)F.F[P-](F)(F)(F)(F)F.F[P-](F)(F)(F)(F)F.[Br][Re].[CH-]=O.[Ir].[c-]1ccccc1-c1ccccn1.[c-]1ccccc1-c1ccccn1. The molecule has 0 bridgehead atoms. The Morgan fingerprint density at radius 2 is 0.656 bits per heavy atom. The Morgan fingerprint density at radius 3 is 0.922 bits per heavy atom. The van der Waals surface area contributed by atoms with Gasteiger partial charge in [-0.2, -0.15) is 0 Å². The summed E-state index contributed by atoms with van der Waals surface area (Å²) in [5.74, 6) is 1.77. The number of hydrogen-bond acceptors (Lipinski definition) is 13. The van der Waals surface area contributed by atoms with Crippen molar-refractivity contribution >= 4 is 77.0 Å². The Kier molecular flexibility index (Phi) is 41.4. The van der Waals surface area contributed by atoms with Crippen molar-refractivity contribution in [1.29, 1.82) is 0 Å². The number of fused-ring (bicyclic) bond motifs is 4. The van der Waals surface area contributed by atoms with E-state index in [4.69, 9.17) is 23.8 Å². The Morgan fingerprint density at radius 1 is 0.367 bits per heavy atom. The summed E-state index contributed by atoms with van der Waals surface area (Å²) in [6.45, 7) is 32.5. The van der Waals surface area contributed by atoms with Gasteiger partial charge in [-0.05, 0) is 200 Å². The van der Waals surface area contributed by atoms with Crippen molar-refractivity contribution < 1.29 is 137 Å². The molecule has 0 saturated heterocycles. The minimum atomic E-state index is -10.7. The summed E-state index contributed by atoms with van der Waals surface area (Å²) >= 11 is 4.53. The zero-order valence-electron chi connectivity index (χ0n) is 71.2. The second-order valence-corrected chi connectivity index (χ2v) is 32.3. The molecule has 0 spiro atoms. The van der Waals surface area contributed by atoms with Gasteiger partial charge in [-0.25, -0.2) is 9.15 Å². The molecule has 2 N–H and O–H groups in total. The molecule has 8 heterocycles. The Labute approximate surface area is 760 Å². The first kappa shape index (κ1) is 112. The predicted octanol–water partition coefficient (Wildman–Crippen LogP) is 28.3. The van der Waals surface area contributed by atoms with Crippen molar-refractivity contribution in [3.05, 3.63) is 277 Å². The fourth-order valence-electron chi connectivity index (χ4n) is 12.5. The summed E-state index contributed by atoms with van der Waals surface area (Å²) in [5, 5.41) is 18.5. The number of halogens is 19. The standard InChI is InChI=1S/2C32H35N4O.2C11H8N.2CH4O.CHO.BrH.3F6P.Ir.Re/c2*1-6-35(7-2)24-10-12-26-30(20-24)37-31-21-25(36(8-3)9-4)11-13-27(31)32(26)23-15-17-34-29(19-23)28-18-22(5)14-16-33-28;2*1-2-6-10(7-3-1)11-8-4-5-9-12-11;3*1-2;;3*1-7(2,3,4,5)6;;/h2*10-21H,6-9H2,1-5H3;2*1-6,8-9H;2*2H,1H3;1H;1H;;;;;/q2*+1;2*-1;;;-1;;3*-1;;+1/p-1. The van der Waals surface area contributed by atoms with E-state index in [1.807, 2.05) is 122 Å². The van der Waals surface area contributed by atoms with E-state index < -0.39 is 23.4 Å². The third-order valence-corrected chi connectivity index (χ3v) is 17.6. The van der Waals surface area contributed by atoms with E-state index in [1.54, 1.807) is 12.4 Å². The molecule has 1 radical (unpaired) electrons. The monoisotopic (exact) mass is 2280 g/mol. The van der Waals surface area contributed by atoms with E-state index in [2.05, 4.69) is 260 Å². The van der Waals surface area contributed by atoms with Gasteiger partial charge in [-0.3, -0.25) is 26.7 Å². The fraction of sp³-hybridized carbons (Fsp3) is 0.225. The smallest absolute Gasteiger partial charge is 0.0160 e. The van der Waals surface area contributed by atoms with Crippen molar-refractivity contribution in [3.63, 3.8) is 0 Å². The van der Waals surface area contributed by atoms with Gasteiger partial charge in [0.1, 0.15) is 48.9 Å². The quantitative estimate of drug-likeness (QED) is 0.0234. The van der Waals surface area contributed by atoms with E-state index in [0.717, 1.165) is 179 Å². The topological polar surface area (TPSA) is 174 Å². The molecule has 6 aromatic heterocycles. The molecule has 15 nitrogen and oxygen atoms in total. The van der Waals surface area contributed by atoms with Gasteiger partial charge < -0.3 is 43.6 Å². The summed E-state index contributed by atoms with van der Waals surface area (Å²) < 4.78 is 196. The van der Waals surface area contributed by atoms with E-state index in [9.17, 15) is 75.5 Å². The molecule has 0 fully saturated rings. The van der Waals surface area contributed by atoms with Gasteiger partial charge in [-0.1, -0.05) is 24.3 Å². The number of aliphatic hydroxyl groups is 2. The average molecular weight is 2280 g/mol. The predicted molar refractivity (Wildman–Crippen MR) is 478 cm³/mol. The first-order valence-corrected chi connectivity index (χ1v) is 50.6. The molecule has 10 aromatic rings. The molecular weight excluding hydrogens is 2180 g/mol. The first-order chi connectivity index (χ1) is 59.4. The molecule has 128 heavy (non-hydrogen) atoms. The van der Waals surface area contributed by atoms with Crippen LogP contribution in [0, 0.1) is 26.0 Å². The number of hydrogen-bond donors (Lipinski definition) is 2. The van der Waals surface area contributed by atoms with Crippen LogP contribution in [0.15, 0.2) is 252 Å². The molecule has 0 atom stereocenters. The number of aromatic nitrogens is 6. The minimum Gasteiger partial charge on any atom is -0.545 e. The second kappa shape index (κ2) is 47.1. The first-order valence-electron chi connectivity index (χ1n) is 38.6. The van der Waals surface area contributed by atoms with E-state index in [0.29, 0.717) is 0 Å². The largest absolute Gasteiger partial charge is 0.545 e. The molecule has 0 unspecified atom stereocenters. The van der Waals surface area contributed by atoms with E-state index in [1.165, 1.54) is 50.4 Å². The average Bonchev–Trinajstić information content (AvgIpc) is 0.745. The van der Waals surface area contributed by atoms with Gasteiger partial charge >= 0.3 is 130 Å². The van der Waals surface area contributed by atoms with Crippen LogP contribution in [0.5, 0.6) is 0 Å². The molecule has 4 aliphatic rings. The molecule has 2 aliphatic carbocycles. The number of carbonyl (C=O) groups excluding carboxylic acids is 1. The number of nitrogens with zero attached hydrogens (tertiary/aromatic N) is 10. The maximum absolute atomic E-state index is 10.7. The number of aliphatic hydroxyl groups excluding tert-OH is 2. The number of pyridine rings is 6. The van der Waals surface area contributed by atoms with Crippen molar-refractivity contribution in [2.75, 3.05) is 76.4 Å². The second-order valence-electron chi connectivity index (χ2n) is 26.5. The van der Waals surface area contributed by atoms with Crippen LogP contribution in [-0.4, -0.2) is 113 Å². The van der Waals surface area contributed by atoms with Crippen LogP contribution in [0.3, 0.4) is 0 Å². The number of rotatable bonds is 16. The van der Waals surface area contributed by atoms with Gasteiger partial charge in [0, 0.05) is 166 Å². The Bertz CT molecular complexity index is 5400. The van der Waals surface area contributed by atoms with Crippen LogP contribution >= 0.6 is 36.9 Å². The van der Waals surface area contributed by atoms with Crippen LogP contribution in [0.1, 0.15) is 66.5 Å². The molecular formula is C89H95BrF18IrN10O5P3Re-4. The molecule has 699 valence electrons. The molecule has 2 aliphatic heterocycles. The summed E-state index contributed by atoms with van der Waals surface area (Å²) in [6, 6.07) is 76.6. The van der Waals surface area contributed by atoms with Gasteiger partial charge in [0.05, 0.1) is 34.9 Å². The maximum atomic E-state index is 9.87. The zero-order valence-corrected chi connectivity index (χ0v) is 80.5. The minimum absolute atomic E-state index is 0. The summed E-state index contributed by atoms with van der Waals surface area (Å²) in [7, 11) is -30.0. The molecule has 39 heteroatoms. The van der Waals surface area contributed by atoms with Crippen LogP contribution < -0.4 is 29.7 Å². The van der Waals surface area contributed by atoms with E-state index in [-0.39, 0.29) is 20.1 Å². The third-order valence-electron chi connectivity index (χ3n) is 17.6. The summed E-state index contributed by atoms with van der Waals surface area (Å²) in [5.41, 5.74) is 20.7. The number of anilines is 2. The van der Waals surface area contributed by atoms with Crippen molar-refractivity contribution in [2.45, 2.75) is 69.2 Å². The number of aryl methyl sites for hydroxylation is 2. The molecule has 4 aromatic carbocycles. The summed E-state index contributed by atoms with van der Waals surface area (Å²) in [4.78, 5) is 39.3. The van der Waals surface area contributed by atoms with Crippen LogP contribution in [-0.2, 0) is 42.1 Å².